The van der Waals surface area contributed by atoms with Gasteiger partial charge in [-0.15, -0.1) is 5.10 Å². The second-order valence-electron chi connectivity index (χ2n) is 5.58. The van der Waals surface area contributed by atoms with Crippen LogP contribution in [0, 0.1) is 6.92 Å². The number of rotatable bonds is 6. The van der Waals surface area contributed by atoms with Gasteiger partial charge in [-0.3, -0.25) is 10.1 Å². The first-order chi connectivity index (χ1) is 12.1. The van der Waals surface area contributed by atoms with Gasteiger partial charge in [0.15, 0.2) is 0 Å². The van der Waals surface area contributed by atoms with E-state index in [1.54, 1.807) is 0 Å². The van der Waals surface area contributed by atoms with Gasteiger partial charge in [0, 0.05) is 5.56 Å². The van der Waals surface area contributed by atoms with Crippen molar-refractivity contribution in [2.45, 2.75) is 20.3 Å². The van der Waals surface area contributed by atoms with E-state index in [2.05, 4.69) is 15.5 Å². The molecule has 0 radical (unpaired) electrons. The Bertz CT molecular complexity index is 856. The average Bonchev–Trinajstić information content (AvgIpc) is 3.04. The summed E-state index contributed by atoms with van der Waals surface area (Å²) in [6, 6.07) is 15.2. The number of nitrogens with zero attached hydrogens (tertiary/aromatic N) is 2. The molecule has 0 aliphatic carbocycles. The van der Waals surface area contributed by atoms with Crippen molar-refractivity contribution in [3.05, 3.63) is 59.7 Å². The van der Waals surface area contributed by atoms with E-state index in [1.807, 2.05) is 62.4 Å². The van der Waals surface area contributed by atoms with Gasteiger partial charge in [0.1, 0.15) is 5.75 Å². The summed E-state index contributed by atoms with van der Waals surface area (Å²) in [5.74, 6) is 0.916. The van der Waals surface area contributed by atoms with Gasteiger partial charge >= 0.3 is 6.01 Å². The minimum atomic E-state index is -0.201. The van der Waals surface area contributed by atoms with Gasteiger partial charge in [-0.1, -0.05) is 34.9 Å². The lowest BCUT2D eigenvalue weighted by Crippen LogP contribution is -2.14. The molecule has 25 heavy (non-hydrogen) atoms. The van der Waals surface area contributed by atoms with Crippen molar-refractivity contribution >= 4 is 11.9 Å². The number of anilines is 1. The number of hydrogen-bond donors (Lipinski definition) is 1. The maximum absolute atomic E-state index is 12.1. The third-order valence-electron chi connectivity index (χ3n) is 3.53. The lowest BCUT2D eigenvalue weighted by Gasteiger charge is -2.03. The quantitative estimate of drug-likeness (QED) is 0.743. The van der Waals surface area contributed by atoms with Crippen LogP contribution in [0.1, 0.15) is 18.1 Å². The standard InChI is InChI=1S/C19H19N3O3/c1-3-24-16-9-7-15(8-10-16)18-21-22-19(25-18)20-17(23)12-14-6-4-5-13(2)11-14/h4-11H,3,12H2,1-2H3,(H,20,22,23). The molecule has 1 aromatic heterocycles. The zero-order chi connectivity index (χ0) is 17.6. The minimum Gasteiger partial charge on any atom is -0.494 e. The van der Waals surface area contributed by atoms with Crippen molar-refractivity contribution in [3.63, 3.8) is 0 Å². The van der Waals surface area contributed by atoms with E-state index < -0.39 is 0 Å². The summed E-state index contributed by atoms with van der Waals surface area (Å²) in [5, 5.41) is 10.5. The molecule has 0 fully saturated rings. The summed E-state index contributed by atoms with van der Waals surface area (Å²) in [6.07, 6.45) is 0.252. The predicted octanol–water partition coefficient (Wildman–Crippen LogP) is 3.62. The van der Waals surface area contributed by atoms with Crippen LogP contribution in [0.3, 0.4) is 0 Å². The zero-order valence-corrected chi connectivity index (χ0v) is 14.2. The van der Waals surface area contributed by atoms with Gasteiger partial charge in [0.2, 0.25) is 11.8 Å². The Kier molecular flexibility index (Phi) is 5.09. The molecule has 1 amide bonds. The maximum Gasteiger partial charge on any atom is 0.322 e. The lowest BCUT2D eigenvalue weighted by molar-refractivity contribution is -0.115. The fraction of sp³-hybridized carbons (Fsp3) is 0.211. The zero-order valence-electron chi connectivity index (χ0n) is 14.2. The van der Waals surface area contributed by atoms with Crippen LogP contribution < -0.4 is 10.1 Å². The Morgan fingerprint density at radius 1 is 1.16 bits per heavy atom. The molecule has 0 unspecified atom stereocenters. The molecule has 0 spiro atoms. The first kappa shape index (κ1) is 16.7. The fourth-order valence-electron chi connectivity index (χ4n) is 2.42. The number of ether oxygens (including phenoxy) is 1. The van der Waals surface area contributed by atoms with Crippen LogP contribution in [0.5, 0.6) is 5.75 Å². The summed E-state index contributed by atoms with van der Waals surface area (Å²) in [4.78, 5) is 12.1. The topological polar surface area (TPSA) is 77.3 Å². The third-order valence-corrected chi connectivity index (χ3v) is 3.53. The Hall–Kier alpha value is -3.15. The van der Waals surface area contributed by atoms with Gasteiger partial charge in [-0.25, -0.2) is 0 Å². The van der Waals surface area contributed by atoms with Gasteiger partial charge in [-0.05, 0) is 43.7 Å². The lowest BCUT2D eigenvalue weighted by atomic mass is 10.1. The number of aryl methyl sites for hydroxylation is 1. The molecule has 0 atom stereocenters. The molecule has 128 valence electrons. The van der Waals surface area contributed by atoms with Gasteiger partial charge in [-0.2, -0.15) is 0 Å². The SMILES string of the molecule is CCOc1ccc(-c2nnc(NC(=O)Cc3cccc(C)c3)o2)cc1. The molecule has 0 saturated carbocycles. The van der Waals surface area contributed by atoms with Crippen molar-refractivity contribution in [1.29, 1.82) is 0 Å². The highest BCUT2D eigenvalue weighted by Gasteiger charge is 2.12. The Labute approximate surface area is 145 Å². The number of aromatic nitrogens is 2. The highest BCUT2D eigenvalue weighted by atomic mass is 16.5. The third kappa shape index (κ3) is 4.44. The molecule has 0 bridgehead atoms. The van der Waals surface area contributed by atoms with Crippen LogP contribution in [0.2, 0.25) is 0 Å². The predicted molar refractivity (Wildman–Crippen MR) is 94.4 cm³/mol. The Morgan fingerprint density at radius 3 is 2.68 bits per heavy atom. The smallest absolute Gasteiger partial charge is 0.322 e. The minimum absolute atomic E-state index is 0.0848. The van der Waals surface area contributed by atoms with Crippen LogP contribution in [0.15, 0.2) is 52.9 Å². The molecule has 3 aromatic rings. The van der Waals surface area contributed by atoms with Crippen LogP contribution in [-0.4, -0.2) is 22.7 Å². The number of benzene rings is 2. The van der Waals surface area contributed by atoms with Crippen molar-refractivity contribution in [1.82, 2.24) is 10.2 Å². The molecule has 0 aliphatic rings. The first-order valence-electron chi connectivity index (χ1n) is 8.06. The maximum atomic E-state index is 12.1. The van der Waals surface area contributed by atoms with E-state index in [9.17, 15) is 4.79 Å². The van der Waals surface area contributed by atoms with Gasteiger partial charge in [0.25, 0.3) is 0 Å². The van der Waals surface area contributed by atoms with E-state index in [1.165, 1.54) is 0 Å². The normalized spacial score (nSPS) is 10.5. The monoisotopic (exact) mass is 337 g/mol. The Morgan fingerprint density at radius 2 is 1.96 bits per heavy atom. The summed E-state index contributed by atoms with van der Waals surface area (Å²) >= 11 is 0. The second kappa shape index (κ2) is 7.61. The highest BCUT2D eigenvalue weighted by Crippen LogP contribution is 2.22. The molecule has 2 aromatic carbocycles. The van der Waals surface area contributed by atoms with Gasteiger partial charge in [0.05, 0.1) is 13.0 Å². The van der Waals surface area contributed by atoms with Crippen LogP contribution >= 0.6 is 0 Å². The van der Waals surface area contributed by atoms with E-state index in [4.69, 9.17) is 9.15 Å². The molecule has 0 saturated heterocycles. The van der Waals surface area contributed by atoms with Crippen LogP contribution in [-0.2, 0) is 11.2 Å². The largest absolute Gasteiger partial charge is 0.494 e. The number of hydrogen-bond acceptors (Lipinski definition) is 5. The molecule has 1 heterocycles. The van der Waals surface area contributed by atoms with Crippen LogP contribution in [0.4, 0.5) is 6.01 Å². The summed E-state index contributed by atoms with van der Waals surface area (Å²) in [7, 11) is 0. The molecule has 3 rings (SSSR count). The second-order valence-corrected chi connectivity index (χ2v) is 5.58. The fourth-order valence-corrected chi connectivity index (χ4v) is 2.42. The molecule has 6 nitrogen and oxygen atoms in total. The van der Waals surface area contributed by atoms with Crippen molar-refractivity contribution in [2.75, 3.05) is 11.9 Å². The molecule has 6 heteroatoms. The summed E-state index contributed by atoms with van der Waals surface area (Å²) < 4.78 is 10.9. The summed E-state index contributed by atoms with van der Waals surface area (Å²) in [5.41, 5.74) is 2.81. The van der Waals surface area contributed by atoms with E-state index >= 15 is 0 Å². The highest BCUT2D eigenvalue weighted by molar-refractivity contribution is 5.90. The van der Waals surface area contributed by atoms with Crippen molar-refractivity contribution < 1.29 is 13.9 Å². The molecular formula is C19H19N3O3. The Balaban J connectivity index is 1.64. The first-order valence-corrected chi connectivity index (χ1v) is 8.06. The van der Waals surface area contributed by atoms with Crippen LogP contribution in [0.25, 0.3) is 11.5 Å². The number of amides is 1. The number of nitrogens with one attached hydrogen (secondary N) is 1. The molecule has 1 N–H and O–H groups in total. The molecular weight excluding hydrogens is 318 g/mol. The van der Waals surface area contributed by atoms with Crippen molar-refractivity contribution in [2.24, 2.45) is 0 Å². The van der Waals surface area contributed by atoms with Crippen molar-refractivity contribution in [3.8, 4) is 17.2 Å². The average molecular weight is 337 g/mol. The van der Waals surface area contributed by atoms with E-state index in [0.29, 0.717) is 12.5 Å². The summed E-state index contributed by atoms with van der Waals surface area (Å²) in [6.45, 7) is 4.52. The number of carbonyl (C=O) groups is 1. The number of carbonyl (C=O) groups excluding carboxylic acids is 1. The van der Waals surface area contributed by atoms with E-state index in [-0.39, 0.29) is 18.3 Å². The van der Waals surface area contributed by atoms with E-state index in [0.717, 1.165) is 22.4 Å². The molecule has 0 aliphatic heterocycles. The van der Waals surface area contributed by atoms with Gasteiger partial charge < -0.3 is 9.15 Å².